The molecular formula is C26H28FN7O2. The maximum absolute atomic E-state index is 14.6. The summed E-state index contributed by atoms with van der Waals surface area (Å²) in [6.45, 7) is 3.28. The number of amides is 1. The van der Waals surface area contributed by atoms with E-state index >= 15 is 0 Å². The van der Waals surface area contributed by atoms with Gasteiger partial charge in [0.1, 0.15) is 28.6 Å². The van der Waals surface area contributed by atoms with Gasteiger partial charge in [-0.3, -0.25) is 4.79 Å². The van der Waals surface area contributed by atoms with E-state index < -0.39 is 11.7 Å². The molecule has 10 heteroatoms. The number of nitrogens with two attached hydrogens (primary N) is 1. The number of nitrogens with zero attached hydrogens (tertiary/aromatic N) is 5. The van der Waals surface area contributed by atoms with Gasteiger partial charge in [-0.05, 0) is 50.1 Å². The van der Waals surface area contributed by atoms with Crippen molar-refractivity contribution >= 4 is 28.3 Å². The molecule has 1 atom stereocenters. The van der Waals surface area contributed by atoms with Crippen molar-refractivity contribution in [1.29, 1.82) is 0 Å². The molecule has 0 aliphatic carbocycles. The number of ether oxygens (including phenoxy) is 1. The average molecular weight is 490 g/mol. The molecule has 5 rings (SSSR count). The van der Waals surface area contributed by atoms with Crippen LogP contribution in [0.1, 0.15) is 29.2 Å². The summed E-state index contributed by atoms with van der Waals surface area (Å²) in [5.74, 6) is 0.249. The summed E-state index contributed by atoms with van der Waals surface area (Å²) in [4.78, 5) is 28.9. The maximum Gasteiger partial charge on any atom is 0.274 e. The zero-order valence-electron chi connectivity index (χ0n) is 20.5. The Bertz CT molecular complexity index is 1450. The lowest BCUT2D eigenvalue weighted by Crippen LogP contribution is -2.36. The van der Waals surface area contributed by atoms with Gasteiger partial charge >= 0.3 is 0 Å². The fraction of sp³-hybridized carbons (Fsp3) is 0.308. The number of carbonyl (C=O) groups excluding carboxylic acids is 1. The summed E-state index contributed by atoms with van der Waals surface area (Å²) < 4.78 is 21.9. The third kappa shape index (κ3) is 4.03. The number of carbonyl (C=O) groups is 1. The van der Waals surface area contributed by atoms with Crippen molar-refractivity contribution in [3.63, 3.8) is 0 Å². The monoisotopic (exact) mass is 489 g/mol. The molecule has 3 N–H and O–H groups in total. The standard InChI is InChI=1S/C26H28FN7O2/c1-15-30-23-20(33(15)2)10-9-18(24(23)34-13-5-6-16(34)14-28)32-26(35)19-11-12-29-25(31-19)22-17(27)7-4-8-21(22)36-3/h4,7-12,16H,5-6,13-14,28H2,1-3H3,(H,32,35). The average Bonchev–Trinajstić information content (AvgIpc) is 3.47. The highest BCUT2D eigenvalue weighted by molar-refractivity contribution is 6.08. The van der Waals surface area contributed by atoms with Gasteiger partial charge in [0.15, 0.2) is 5.82 Å². The van der Waals surface area contributed by atoms with Crippen LogP contribution in [0.5, 0.6) is 5.75 Å². The lowest BCUT2D eigenvalue weighted by Gasteiger charge is -2.28. The second-order valence-corrected chi connectivity index (χ2v) is 8.81. The summed E-state index contributed by atoms with van der Waals surface area (Å²) in [7, 11) is 3.41. The number of hydrogen-bond donors (Lipinski definition) is 2. The Kier molecular flexibility index (Phi) is 6.27. The predicted molar refractivity (Wildman–Crippen MR) is 137 cm³/mol. The molecule has 1 fully saturated rings. The number of fused-ring (bicyclic) bond motifs is 1. The van der Waals surface area contributed by atoms with E-state index in [0.717, 1.165) is 41.9 Å². The number of benzene rings is 2. The number of hydrogen-bond acceptors (Lipinski definition) is 7. The molecule has 0 saturated carbocycles. The van der Waals surface area contributed by atoms with Crippen molar-refractivity contribution in [2.45, 2.75) is 25.8 Å². The maximum atomic E-state index is 14.6. The third-order valence-electron chi connectivity index (χ3n) is 6.74. The Morgan fingerprint density at radius 3 is 2.86 bits per heavy atom. The van der Waals surface area contributed by atoms with Crippen LogP contribution in [0, 0.1) is 12.7 Å². The van der Waals surface area contributed by atoms with Crippen molar-refractivity contribution in [3.05, 3.63) is 59.9 Å². The highest BCUT2D eigenvalue weighted by atomic mass is 19.1. The first-order valence-electron chi connectivity index (χ1n) is 11.8. The Hall–Kier alpha value is -4.05. The van der Waals surface area contributed by atoms with E-state index in [1.807, 2.05) is 30.7 Å². The Balaban J connectivity index is 1.55. The van der Waals surface area contributed by atoms with E-state index in [4.69, 9.17) is 15.5 Å². The SMILES string of the molecule is COc1cccc(F)c1-c1nccc(C(=O)Nc2ccc3c(nc(C)n3C)c2N2CCCC2CN)n1. The first-order valence-corrected chi connectivity index (χ1v) is 11.8. The third-order valence-corrected chi connectivity index (χ3v) is 6.74. The quantitative estimate of drug-likeness (QED) is 0.425. The molecule has 0 spiro atoms. The van der Waals surface area contributed by atoms with Crippen LogP contribution < -0.4 is 20.7 Å². The molecule has 2 aromatic heterocycles. The fourth-order valence-electron chi connectivity index (χ4n) is 4.81. The number of methoxy groups -OCH3 is 1. The van der Waals surface area contributed by atoms with E-state index in [9.17, 15) is 9.18 Å². The Morgan fingerprint density at radius 2 is 2.08 bits per heavy atom. The van der Waals surface area contributed by atoms with Gasteiger partial charge in [0.2, 0.25) is 0 Å². The molecule has 3 heterocycles. The van der Waals surface area contributed by atoms with Crippen LogP contribution in [0.25, 0.3) is 22.4 Å². The highest BCUT2D eigenvalue weighted by Gasteiger charge is 2.29. The van der Waals surface area contributed by atoms with Gasteiger partial charge in [0, 0.05) is 32.4 Å². The van der Waals surface area contributed by atoms with Crippen LogP contribution >= 0.6 is 0 Å². The Labute approximate surface area is 208 Å². The van der Waals surface area contributed by atoms with Crippen LogP contribution in [0.15, 0.2) is 42.6 Å². The summed E-state index contributed by atoms with van der Waals surface area (Å²) >= 11 is 0. The van der Waals surface area contributed by atoms with Gasteiger partial charge in [-0.25, -0.2) is 19.3 Å². The molecule has 1 aliphatic rings. The second-order valence-electron chi connectivity index (χ2n) is 8.81. The first kappa shape index (κ1) is 23.7. The van der Waals surface area contributed by atoms with Gasteiger partial charge in [0.05, 0.1) is 29.6 Å². The minimum Gasteiger partial charge on any atom is -0.496 e. The number of halogens is 1. The van der Waals surface area contributed by atoms with Crippen molar-refractivity contribution in [1.82, 2.24) is 19.5 Å². The largest absolute Gasteiger partial charge is 0.496 e. The molecule has 0 radical (unpaired) electrons. The summed E-state index contributed by atoms with van der Waals surface area (Å²) in [6.07, 6.45) is 3.42. The number of aromatic nitrogens is 4. The van der Waals surface area contributed by atoms with Gasteiger partial charge in [-0.2, -0.15) is 0 Å². The number of rotatable bonds is 6. The van der Waals surface area contributed by atoms with E-state index in [2.05, 4.69) is 20.2 Å². The number of aryl methyl sites for hydroxylation is 2. The fourth-order valence-corrected chi connectivity index (χ4v) is 4.81. The molecule has 0 bridgehead atoms. The highest BCUT2D eigenvalue weighted by Crippen LogP contribution is 2.38. The Morgan fingerprint density at radius 1 is 1.25 bits per heavy atom. The normalized spacial score (nSPS) is 15.5. The van der Waals surface area contributed by atoms with E-state index in [1.165, 1.54) is 31.5 Å². The first-order chi connectivity index (χ1) is 17.4. The molecule has 1 amide bonds. The summed E-state index contributed by atoms with van der Waals surface area (Å²) in [6, 6.07) is 9.93. The zero-order chi connectivity index (χ0) is 25.4. The van der Waals surface area contributed by atoms with Crippen molar-refractivity contribution in [2.75, 3.05) is 30.4 Å². The van der Waals surface area contributed by atoms with Crippen LogP contribution in [-0.2, 0) is 7.05 Å². The molecular weight excluding hydrogens is 461 g/mol. The smallest absolute Gasteiger partial charge is 0.274 e. The van der Waals surface area contributed by atoms with Gasteiger partial charge in [-0.1, -0.05) is 6.07 Å². The molecule has 9 nitrogen and oxygen atoms in total. The number of nitrogens with one attached hydrogen (secondary N) is 1. The van der Waals surface area contributed by atoms with Crippen LogP contribution in [0.3, 0.4) is 0 Å². The van der Waals surface area contributed by atoms with Crippen LogP contribution in [0.2, 0.25) is 0 Å². The minimum absolute atomic E-state index is 0.0661. The van der Waals surface area contributed by atoms with Gasteiger partial charge in [-0.15, -0.1) is 0 Å². The second kappa shape index (κ2) is 9.54. The summed E-state index contributed by atoms with van der Waals surface area (Å²) in [5, 5.41) is 3.01. The van der Waals surface area contributed by atoms with Crippen LogP contribution in [-0.4, -0.2) is 51.7 Å². The molecule has 2 aromatic carbocycles. The van der Waals surface area contributed by atoms with Crippen LogP contribution in [0.4, 0.5) is 15.8 Å². The zero-order valence-corrected chi connectivity index (χ0v) is 20.5. The number of imidazole rings is 1. The van der Waals surface area contributed by atoms with Crippen molar-refractivity contribution < 1.29 is 13.9 Å². The molecule has 186 valence electrons. The summed E-state index contributed by atoms with van der Waals surface area (Å²) in [5.41, 5.74) is 9.53. The molecule has 1 unspecified atom stereocenters. The van der Waals surface area contributed by atoms with Gasteiger partial charge in [0.25, 0.3) is 5.91 Å². The van der Waals surface area contributed by atoms with E-state index in [0.29, 0.717) is 12.2 Å². The molecule has 4 aromatic rings. The van der Waals surface area contributed by atoms with Crippen molar-refractivity contribution in [3.8, 4) is 17.1 Å². The lowest BCUT2D eigenvalue weighted by atomic mass is 10.1. The lowest BCUT2D eigenvalue weighted by molar-refractivity contribution is 0.102. The predicted octanol–water partition coefficient (Wildman–Crippen LogP) is 3.67. The number of anilines is 2. The molecule has 1 saturated heterocycles. The minimum atomic E-state index is -0.535. The van der Waals surface area contributed by atoms with E-state index in [1.54, 1.807) is 6.07 Å². The van der Waals surface area contributed by atoms with Gasteiger partial charge < -0.3 is 25.3 Å². The topological polar surface area (TPSA) is 111 Å². The van der Waals surface area contributed by atoms with Crippen molar-refractivity contribution in [2.24, 2.45) is 12.8 Å². The molecule has 1 aliphatic heterocycles. The van der Waals surface area contributed by atoms with E-state index in [-0.39, 0.29) is 28.9 Å². The molecule has 36 heavy (non-hydrogen) atoms.